The molecule has 1 heterocycles. The van der Waals surface area contributed by atoms with Gasteiger partial charge in [-0.15, -0.1) is 0 Å². The molecule has 0 radical (unpaired) electrons. The Bertz CT molecular complexity index is 489. The molecule has 110 valence electrons. The molecule has 1 aromatic rings. The molecule has 1 aliphatic rings. The van der Waals surface area contributed by atoms with E-state index in [1.165, 1.54) is 7.11 Å². The molecule has 0 amide bonds. The summed E-state index contributed by atoms with van der Waals surface area (Å²) in [6, 6.07) is 7.42. The monoisotopic (exact) mass is 313 g/mol. The van der Waals surface area contributed by atoms with E-state index in [4.69, 9.17) is 16.3 Å². The van der Waals surface area contributed by atoms with Crippen molar-refractivity contribution in [3.63, 3.8) is 0 Å². The number of hydrogen-bond acceptors (Lipinski definition) is 4. The molecule has 0 aliphatic carbocycles. The number of hydrogen-bond donors (Lipinski definition) is 1. The number of benzene rings is 1. The zero-order valence-electron chi connectivity index (χ0n) is 12.0. The van der Waals surface area contributed by atoms with Gasteiger partial charge in [-0.1, -0.05) is 25.4 Å². The minimum atomic E-state index is -0.710. The first-order chi connectivity index (χ1) is 9.41. The number of ether oxygens (including phenoxy) is 1. The molecule has 1 saturated heterocycles. The molecule has 20 heavy (non-hydrogen) atoms. The number of carbonyl (C=O) groups is 1. The number of esters is 1. The quantitative estimate of drug-likeness (QED) is 0.861. The Balaban J connectivity index is 2.36. The first-order valence-electron chi connectivity index (χ1n) is 6.61. The van der Waals surface area contributed by atoms with E-state index in [2.05, 4.69) is 19.2 Å². The highest BCUT2D eigenvalue weighted by atomic mass is 35.5. The van der Waals surface area contributed by atoms with Crippen LogP contribution in [0.15, 0.2) is 24.3 Å². The molecule has 0 spiro atoms. The molecule has 0 aromatic heterocycles. The number of nitrogens with one attached hydrogen (secondary N) is 1. The predicted octanol–water partition coefficient (Wildman–Crippen LogP) is 3.83. The molecule has 1 aliphatic heterocycles. The Kier molecular flexibility index (Phi) is 4.55. The molecule has 5 heteroatoms. The smallest absolute Gasteiger partial charge is 0.332 e. The molecule has 1 unspecified atom stereocenters. The summed E-state index contributed by atoms with van der Waals surface area (Å²) in [7, 11) is 1.45. The van der Waals surface area contributed by atoms with Crippen molar-refractivity contribution in [3.8, 4) is 0 Å². The summed E-state index contributed by atoms with van der Waals surface area (Å²) < 4.78 is 5.08. The number of carbonyl (C=O) groups excluding carboxylic acids is 1. The molecule has 3 nitrogen and oxygen atoms in total. The van der Waals surface area contributed by atoms with E-state index in [0.29, 0.717) is 10.8 Å². The number of thioether (sulfide) groups is 1. The number of rotatable bonds is 3. The molecular formula is C15H20ClNO2S. The average Bonchev–Trinajstić information content (AvgIpc) is 2.42. The Labute approximate surface area is 129 Å². The molecular weight excluding hydrogens is 294 g/mol. The van der Waals surface area contributed by atoms with Gasteiger partial charge in [0.05, 0.1) is 7.11 Å². The summed E-state index contributed by atoms with van der Waals surface area (Å²) in [5.74, 6) is 1.56. The van der Waals surface area contributed by atoms with Gasteiger partial charge >= 0.3 is 5.97 Å². The summed E-state index contributed by atoms with van der Waals surface area (Å²) in [6.07, 6.45) is 0.966. The Morgan fingerprint density at radius 2 is 2.00 bits per heavy atom. The van der Waals surface area contributed by atoms with Crippen LogP contribution in [0.2, 0.25) is 5.02 Å². The summed E-state index contributed by atoms with van der Waals surface area (Å²) in [6.45, 7) is 4.24. The lowest BCUT2D eigenvalue weighted by Gasteiger charge is -2.48. The lowest BCUT2D eigenvalue weighted by molar-refractivity contribution is -0.149. The molecule has 2 rings (SSSR count). The number of methoxy groups -OCH3 is 1. The largest absolute Gasteiger partial charge is 0.467 e. The Hall–Kier alpha value is -0.870. The van der Waals surface area contributed by atoms with Gasteiger partial charge in [0.25, 0.3) is 0 Å². The standard InChI is InChI=1S/C15H20ClNO2S/c1-14(2)8-9-20-10-15(14,13(18)19-3)17-12-6-4-11(16)5-7-12/h4-7,17H,8-10H2,1-3H3. The van der Waals surface area contributed by atoms with Gasteiger partial charge < -0.3 is 10.1 Å². The Morgan fingerprint density at radius 1 is 1.35 bits per heavy atom. The SMILES string of the molecule is COC(=O)C1(Nc2ccc(Cl)cc2)CSCCC1(C)C. The van der Waals surface area contributed by atoms with Gasteiger partial charge in [0.2, 0.25) is 0 Å². The van der Waals surface area contributed by atoms with Gasteiger partial charge in [-0.25, -0.2) is 4.79 Å². The maximum Gasteiger partial charge on any atom is 0.332 e. The zero-order chi connectivity index (χ0) is 14.8. The number of halogens is 1. The van der Waals surface area contributed by atoms with E-state index in [1.807, 2.05) is 24.3 Å². The molecule has 1 fully saturated rings. The van der Waals surface area contributed by atoms with Crippen molar-refractivity contribution in [2.45, 2.75) is 25.8 Å². The van der Waals surface area contributed by atoms with Crippen LogP contribution in [0.4, 0.5) is 5.69 Å². The predicted molar refractivity (Wildman–Crippen MR) is 85.5 cm³/mol. The molecule has 1 aromatic carbocycles. The van der Waals surface area contributed by atoms with Crippen LogP contribution in [0, 0.1) is 5.41 Å². The maximum atomic E-state index is 12.5. The van der Waals surface area contributed by atoms with Crippen molar-refractivity contribution in [1.82, 2.24) is 0 Å². The highest BCUT2D eigenvalue weighted by Crippen LogP contribution is 2.45. The summed E-state index contributed by atoms with van der Waals surface area (Å²) in [5.41, 5.74) is -0.000834. The molecule has 1 N–H and O–H groups in total. The fraction of sp³-hybridized carbons (Fsp3) is 0.533. The van der Waals surface area contributed by atoms with E-state index in [9.17, 15) is 4.79 Å². The zero-order valence-corrected chi connectivity index (χ0v) is 13.6. The second kappa shape index (κ2) is 5.86. The lowest BCUT2D eigenvalue weighted by atomic mass is 9.70. The van der Waals surface area contributed by atoms with Crippen molar-refractivity contribution < 1.29 is 9.53 Å². The average molecular weight is 314 g/mol. The third-order valence-corrected chi connectivity index (χ3v) is 5.46. The highest BCUT2D eigenvalue weighted by Gasteiger charge is 2.53. The summed E-state index contributed by atoms with van der Waals surface area (Å²) in [5, 5.41) is 4.09. The summed E-state index contributed by atoms with van der Waals surface area (Å²) in [4.78, 5) is 12.5. The van der Waals surface area contributed by atoms with Crippen LogP contribution < -0.4 is 5.32 Å². The van der Waals surface area contributed by atoms with E-state index < -0.39 is 5.54 Å². The fourth-order valence-corrected chi connectivity index (χ4v) is 4.32. The third kappa shape index (κ3) is 2.77. The van der Waals surface area contributed by atoms with E-state index in [-0.39, 0.29) is 11.4 Å². The van der Waals surface area contributed by atoms with Crippen LogP contribution >= 0.6 is 23.4 Å². The first kappa shape index (κ1) is 15.5. The molecule has 0 saturated carbocycles. The van der Waals surface area contributed by atoms with Gasteiger partial charge in [-0.3, -0.25) is 0 Å². The molecule has 0 bridgehead atoms. The minimum Gasteiger partial charge on any atom is -0.467 e. The first-order valence-corrected chi connectivity index (χ1v) is 8.14. The topological polar surface area (TPSA) is 38.3 Å². The van der Waals surface area contributed by atoms with Gasteiger partial charge in [0, 0.05) is 21.9 Å². The fourth-order valence-electron chi connectivity index (χ4n) is 2.51. The maximum absolute atomic E-state index is 12.5. The highest BCUT2D eigenvalue weighted by molar-refractivity contribution is 7.99. The van der Waals surface area contributed by atoms with Gasteiger partial charge in [0.15, 0.2) is 0 Å². The van der Waals surface area contributed by atoms with E-state index in [1.54, 1.807) is 11.8 Å². The summed E-state index contributed by atoms with van der Waals surface area (Å²) >= 11 is 7.69. The normalized spacial score (nSPS) is 25.0. The Morgan fingerprint density at radius 3 is 2.55 bits per heavy atom. The van der Waals surface area contributed by atoms with Crippen LogP contribution in [-0.2, 0) is 9.53 Å². The molecule has 1 atom stereocenters. The van der Waals surface area contributed by atoms with Crippen molar-refractivity contribution in [2.24, 2.45) is 5.41 Å². The van der Waals surface area contributed by atoms with Gasteiger partial charge in [-0.2, -0.15) is 11.8 Å². The van der Waals surface area contributed by atoms with Crippen LogP contribution in [-0.4, -0.2) is 30.1 Å². The van der Waals surface area contributed by atoms with Crippen LogP contribution in [0.3, 0.4) is 0 Å². The minimum absolute atomic E-state index is 0.176. The van der Waals surface area contributed by atoms with Gasteiger partial charge in [-0.05, 0) is 36.4 Å². The van der Waals surface area contributed by atoms with Crippen molar-refractivity contribution >= 4 is 35.0 Å². The lowest BCUT2D eigenvalue weighted by Crippen LogP contribution is -2.61. The number of anilines is 1. The van der Waals surface area contributed by atoms with Gasteiger partial charge in [0.1, 0.15) is 5.54 Å². The second-order valence-corrected chi connectivity index (χ2v) is 7.26. The van der Waals surface area contributed by atoms with Crippen LogP contribution in [0.25, 0.3) is 0 Å². The van der Waals surface area contributed by atoms with E-state index in [0.717, 1.165) is 17.9 Å². The van der Waals surface area contributed by atoms with Crippen LogP contribution in [0.1, 0.15) is 20.3 Å². The third-order valence-electron chi connectivity index (χ3n) is 4.08. The van der Waals surface area contributed by atoms with Crippen molar-refractivity contribution in [3.05, 3.63) is 29.3 Å². The second-order valence-electron chi connectivity index (χ2n) is 5.72. The van der Waals surface area contributed by atoms with Crippen molar-refractivity contribution in [2.75, 3.05) is 23.9 Å². The van der Waals surface area contributed by atoms with E-state index >= 15 is 0 Å². The van der Waals surface area contributed by atoms with Crippen LogP contribution in [0.5, 0.6) is 0 Å². The van der Waals surface area contributed by atoms with Crippen molar-refractivity contribution in [1.29, 1.82) is 0 Å².